The number of hydrogen-bond acceptors (Lipinski definition) is 4. The van der Waals surface area contributed by atoms with Gasteiger partial charge in [0.25, 0.3) is 0 Å². The summed E-state index contributed by atoms with van der Waals surface area (Å²) in [4.78, 5) is 35.9. The summed E-state index contributed by atoms with van der Waals surface area (Å²) in [7, 11) is 0. The van der Waals surface area contributed by atoms with E-state index >= 15 is 0 Å². The molecule has 1 unspecified atom stereocenters. The number of amides is 2. The Labute approximate surface area is 193 Å². The molecular weight excluding hydrogens is 420 g/mol. The maximum atomic E-state index is 12.3. The minimum Gasteiger partial charge on any atom is -0.481 e. The van der Waals surface area contributed by atoms with E-state index in [0.29, 0.717) is 19.4 Å². The van der Waals surface area contributed by atoms with E-state index in [2.05, 4.69) is 34.9 Å². The van der Waals surface area contributed by atoms with E-state index in [1.54, 1.807) is 0 Å². The number of alkyl carbamates (subject to hydrolysis) is 1. The number of carboxylic acids is 1. The molecule has 0 radical (unpaired) electrons. The fourth-order valence-electron chi connectivity index (χ4n) is 4.99. The van der Waals surface area contributed by atoms with Gasteiger partial charge in [0.1, 0.15) is 6.61 Å². The monoisotopic (exact) mass is 450 g/mol. The van der Waals surface area contributed by atoms with E-state index in [0.717, 1.165) is 17.5 Å². The van der Waals surface area contributed by atoms with Gasteiger partial charge in [-0.1, -0.05) is 61.9 Å². The molecule has 0 bridgehead atoms. The van der Waals surface area contributed by atoms with Crippen molar-refractivity contribution in [3.8, 4) is 11.1 Å². The van der Waals surface area contributed by atoms with Gasteiger partial charge in [-0.3, -0.25) is 9.59 Å². The molecule has 2 aromatic carbocycles. The highest BCUT2D eigenvalue weighted by atomic mass is 16.5. The van der Waals surface area contributed by atoms with Gasteiger partial charge >= 0.3 is 12.1 Å². The maximum Gasteiger partial charge on any atom is 0.407 e. The maximum absolute atomic E-state index is 12.3. The first-order chi connectivity index (χ1) is 15.9. The minimum absolute atomic E-state index is 0.0000519. The molecular formula is C26H30N2O5. The first-order valence-electron chi connectivity index (χ1n) is 11.5. The Kier molecular flexibility index (Phi) is 6.96. The standard InChI is InChI=1S/C26H30N2O5/c1-16(13-24(29)28-23-12-6-11-21(23)25(30)31)14-27-26(32)33-15-22-19-9-4-2-7-17(19)18-8-3-5-10-20(18)22/h2-5,7-10,16,21-23H,6,11-15H2,1H3,(H,27,32)(H,28,29)(H,30,31)/t16?,21-,23+/m1/s1. The van der Waals surface area contributed by atoms with Gasteiger partial charge in [0, 0.05) is 24.9 Å². The van der Waals surface area contributed by atoms with Crippen LogP contribution in [0.5, 0.6) is 0 Å². The SMILES string of the molecule is CC(CNC(=O)OCC1c2ccccc2-c2ccccc21)CC(=O)N[C@H]1CCC[C@H]1C(=O)O. The molecule has 174 valence electrons. The fourth-order valence-corrected chi connectivity index (χ4v) is 4.99. The van der Waals surface area contributed by atoms with Crippen molar-refractivity contribution in [3.05, 3.63) is 59.7 Å². The number of carbonyl (C=O) groups excluding carboxylic acids is 2. The zero-order valence-corrected chi connectivity index (χ0v) is 18.8. The molecule has 3 atom stereocenters. The van der Waals surface area contributed by atoms with E-state index in [4.69, 9.17) is 4.74 Å². The number of fused-ring (bicyclic) bond motifs is 3. The lowest BCUT2D eigenvalue weighted by atomic mass is 9.98. The normalized spacial score (nSPS) is 19.9. The van der Waals surface area contributed by atoms with Crippen molar-refractivity contribution in [2.24, 2.45) is 11.8 Å². The van der Waals surface area contributed by atoms with E-state index in [9.17, 15) is 19.5 Å². The number of rotatable bonds is 8. The molecule has 0 aliphatic heterocycles. The third kappa shape index (κ3) is 5.18. The molecule has 3 N–H and O–H groups in total. The molecule has 2 aliphatic rings. The van der Waals surface area contributed by atoms with Crippen LogP contribution in [-0.4, -0.2) is 42.3 Å². The average Bonchev–Trinajstić information content (AvgIpc) is 3.39. The van der Waals surface area contributed by atoms with Crippen LogP contribution in [0.4, 0.5) is 4.79 Å². The van der Waals surface area contributed by atoms with Gasteiger partial charge in [0.2, 0.25) is 5.91 Å². The predicted octanol–water partition coefficient (Wildman–Crippen LogP) is 3.92. The lowest BCUT2D eigenvalue weighted by Gasteiger charge is -2.19. The molecule has 0 aromatic heterocycles. The average molecular weight is 451 g/mol. The first-order valence-corrected chi connectivity index (χ1v) is 11.5. The summed E-state index contributed by atoms with van der Waals surface area (Å²) >= 11 is 0. The number of carbonyl (C=O) groups is 3. The summed E-state index contributed by atoms with van der Waals surface area (Å²) < 4.78 is 5.53. The lowest BCUT2D eigenvalue weighted by molar-refractivity contribution is -0.142. The first kappa shape index (κ1) is 22.8. The summed E-state index contributed by atoms with van der Waals surface area (Å²) in [6.45, 7) is 2.41. The van der Waals surface area contributed by atoms with Crippen LogP contribution >= 0.6 is 0 Å². The van der Waals surface area contributed by atoms with E-state index in [1.165, 1.54) is 11.1 Å². The van der Waals surface area contributed by atoms with Gasteiger partial charge in [-0.05, 0) is 41.0 Å². The number of carboxylic acid groups (broad SMARTS) is 1. The molecule has 33 heavy (non-hydrogen) atoms. The van der Waals surface area contributed by atoms with Gasteiger partial charge in [0.05, 0.1) is 5.92 Å². The van der Waals surface area contributed by atoms with Crippen LogP contribution in [-0.2, 0) is 14.3 Å². The van der Waals surface area contributed by atoms with Crippen molar-refractivity contribution in [1.82, 2.24) is 10.6 Å². The van der Waals surface area contributed by atoms with Crippen LogP contribution in [0.25, 0.3) is 11.1 Å². The van der Waals surface area contributed by atoms with Crippen LogP contribution < -0.4 is 10.6 Å². The fraction of sp³-hybridized carbons (Fsp3) is 0.423. The Morgan fingerprint density at radius 3 is 2.30 bits per heavy atom. The molecule has 7 heteroatoms. The predicted molar refractivity (Wildman–Crippen MR) is 124 cm³/mol. The molecule has 4 rings (SSSR count). The zero-order chi connectivity index (χ0) is 23.4. The lowest BCUT2D eigenvalue weighted by Crippen LogP contribution is -2.41. The highest BCUT2D eigenvalue weighted by Gasteiger charge is 2.34. The summed E-state index contributed by atoms with van der Waals surface area (Å²) in [5.74, 6) is -1.66. The quantitative estimate of drug-likeness (QED) is 0.565. The largest absolute Gasteiger partial charge is 0.481 e. The Balaban J connectivity index is 1.23. The van der Waals surface area contributed by atoms with E-state index in [1.807, 2.05) is 31.2 Å². The Bertz CT molecular complexity index is 991. The van der Waals surface area contributed by atoms with Crippen molar-refractivity contribution in [2.45, 2.75) is 44.6 Å². The second-order valence-electron chi connectivity index (χ2n) is 9.07. The summed E-state index contributed by atoms with van der Waals surface area (Å²) in [6.07, 6.45) is 1.80. The molecule has 2 amide bonds. The topological polar surface area (TPSA) is 105 Å². The molecule has 0 heterocycles. The number of ether oxygens (including phenoxy) is 1. The number of benzene rings is 2. The molecule has 2 aromatic rings. The highest BCUT2D eigenvalue weighted by Crippen LogP contribution is 2.44. The van der Waals surface area contributed by atoms with Gasteiger partial charge in [-0.25, -0.2) is 4.79 Å². The van der Waals surface area contributed by atoms with Crippen LogP contribution in [0, 0.1) is 11.8 Å². The molecule has 1 fully saturated rings. The second-order valence-corrected chi connectivity index (χ2v) is 9.07. The van der Waals surface area contributed by atoms with Crippen LogP contribution in [0.2, 0.25) is 0 Å². The smallest absolute Gasteiger partial charge is 0.407 e. The highest BCUT2D eigenvalue weighted by molar-refractivity contribution is 5.79. The van der Waals surface area contributed by atoms with Gasteiger partial charge in [-0.15, -0.1) is 0 Å². The van der Waals surface area contributed by atoms with Crippen LogP contribution in [0.1, 0.15) is 49.7 Å². The second kappa shape index (κ2) is 10.1. The Hall–Kier alpha value is -3.35. The molecule has 2 aliphatic carbocycles. The minimum atomic E-state index is -0.859. The van der Waals surface area contributed by atoms with Crippen molar-refractivity contribution in [1.29, 1.82) is 0 Å². The number of hydrogen-bond donors (Lipinski definition) is 3. The summed E-state index contributed by atoms with van der Waals surface area (Å²) in [5.41, 5.74) is 4.66. The third-order valence-corrected chi connectivity index (χ3v) is 6.65. The third-order valence-electron chi connectivity index (χ3n) is 6.65. The molecule has 7 nitrogen and oxygen atoms in total. The van der Waals surface area contributed by atoms with Gasteiger partial charge in [-0.2, -0.15) is 0 Å². The van der Waals surface area contributed by atoms with Crippen molar-refractivity contribution in [2.75, 3.05) is 13.2 Å². The van der Waals surface area contributed by atoms with Crippen molar-refractivity contribution >= 4 is 18.0 Å². The van der Waals surface area contributed by atoms with Crippen molar-refractivity contribution in [3.63, 3.8) is 0 Å². The number of aliphatic carboxylic acids is 1. The number of nitrogens with one attached hydrogen (secondary N) is 2. The van der Waals surface area contributed by atoms with E-state index < -0.39 is 18.0 Å². The van der Waals surface area contributed by atoms with Gasteiger partial charge in [0.15, 0.2) is 0 Å². The zero-order valence-electron chi connectivity index (χ0n) is 18.8. The van der Waals surface area contributed by atoms with Crippen LogP contribution in [0.3, 0.4) is 0 Å². The van der Waals surface area contributed by atoms with Crippen LogP contribution in [0.15, 0.2) is 48.5 Å². The molecule has 1 saturated carbocycles. The molecule has 0 spiro atoms. The molecule has 0 saturated heterocycles. The Morgan fingerprint density at radius 2 is 1.67 bits per heavy atom. The summed E-state index contributed by atoms with van der Waals surface area (Å²) in [6, 6.07) is 16.0. The Morgan fingerprint density at radius 1 is 1.03 bits per heavy atom. The van der Waals surface area contributed by atoms with Crippen molar-refractivity contribution < 1.29 is 24.2 Å². The van der Waals surface area contributed by atoms with E-state index in [-0.39, 0.29) is 36.8 Å². The van der Waals surface area contributed by atoms with Gasteiger partial charge < -0.3 is 20.5 Å². The summed E-state index contributed by atoms with van der Waals surface area (Å²) in [5, 5.41) is 14.8.